The van der Waals surface area contributed by atoms with Crippen LogP contribution in [0.4, 0.5) is 0 Å². The van der Waals surface area contributed by atoms with Gasteiger partial charge in [0.2, 0.25) is 0 Å². The fraction of sp³-hybridized carbons (Fsp3) is 0.107. The van der Waals surface area contributed by atoms with Gasteiger partial charge in [-0.3, -0.25) is 9.36 Å². The van der Waals surface area contributed by atoms with E-state index in [0.29, 0.717) is 34.5 Å². The normalized spacial score (nSPS) is 10.9. The molecule has 0 bridgehead atoms. The van der Waals surface area contributed by atoms with E-state index < -0.39 is 0 Å². The summed E-state index contributed by atoms with van der Waals surface area (Å²) in [6, 6.07) is 26.4. The Morgan fingerprint density at radius 3 is 2.49 bits per heavy atom. The summed E-state index contributed by atoms with van der Waals surface area (Å²) >= 11 is 8.05. The molecule has 1 N–H and O–H groups in total. The number of nitrogens with one attached hydrogen (secondary N) is 1. The molecule has 1 amide bonds. The molecule has 3 aromatic carbocycles. The predicted molar refractivity (Wildman–Crippen MR) is 144 cm³/mol. The van der Waals surface area contributed by atoms with Gasteiger partial charge in [-0.2, -0.15) is 0 Å². The lowest BCUT2D eigenvalue weighted by Crippen LogP contribution is -2.22. The van der Waals surface area contributed by atoms with Gasteiger partial charge >= 0.3 is 0 Å². The van der Waals surface area contributed by atoms with Crippen molar-refractivity contribution in [3.05, 3.63) is 113 Å². The topological polar surface area (TPSA) is 82.2 Å². The lowest BCUT2D eigenvalue weighted by atomic mass is 10.1. The van der Waals surface area contributed by atoms with Crippen molar-refractivity contribution in [3.8, 4) is 22.8 Å². The van der Waals surface area contributed by atoms with Gasteiger partial charge in [0.1, 0.15) is 11.5 Å². The molecule has 0 aliphatic carbocycles. The Hall–Kier alpha value is -4.01. The van der Waals surface area contributed by atoms with Crippen LogP contribution in [-0.2, 0) is 12.3 Å². The first-order valence-corrected chi connectivity index (χ1v) is 12.9. The van der Waals surface area contributed by atoms with Crippen LogP contribution in [0.2, 0.25) is 5.02 Å². The minimum atomic E-state index is -0.153. The number of carbonyl (C=O) groups excluding carboxylic acids is 1. The van der Waals surface area contributed by atoms with Gasteiger partial charge in [0, 0.05) is 22.6 Å². The fourth-order valence-corrected chi connectivity index (χ4v) is 4.86. The second kappa shape index (κ2) is 11.4. The number of hydrogen-bond donors (Lipinski definition) is 1. The zero-order valence-corrected chi connectivity index (χ0v) is 21.5. The summed E-state index contributed by atoms with van der Waals surface area (Å²) < 4.78 is 12.6. The monoisotopic (exact) mass is 530 g/mol. The lowest BCUT2D eigenvalue weighted by Gasteiger charge is -2.12. The van der Waals surface area contributed by atoms with Crippen LogP contribution in [0.5, 0.6) is 5.75 Å². The fourth-order valence-electron chi connectivity index (χ4n) is 3.73. The number of nitrogens with zero attached hydrogens (tertiary/aromatic N) is 3. The molecule has 0 radical (unpaired) electrons. The van der Waals surface area contributed by atoms with Crippen molar-refractivity contribution >= 4 is 29.3 Å². The summed E-state index contributed by atoms with van der Waals surface area (Å²) in [4.78, 5) is 12.4. The molecule has 2 heterocycles. The Bertz CT molecular complexity index is 1480. The molecule has 186 valence electrons. The van der Waals surface area contributed by atoms with E-state index in [0.717, 1.165) is 27.7 Å². The molecular weight excluding hydrogens is 508 g/mol. The van der Waals surface area contributed by atoms with Crippen LogP contribution in [0.1, 0.15) is 21.7 Å². The van der Waals surface area contributed by atoms with Gasteiger partial charge in [-0.25, -0.2) is 0 Å². The minimum Gasteiger partial charge on any atom is -0.497 e. The third-order valence-corrected chi connectivity index (χ3v) is 7.00. The molecule has 2 aromatic heterocycles. The number of aromatic nitrogens is 3. The van der Waals surface area contributed by atoms with Crippen molar-refractivity contribution in [1.82, 2.24) is 20.1 Å². The molecule has 0 saturated carbocycles. The average Bonchev–Trinajstić information content (AvgIpc) is 3.61. The number of furan rings is 1. The van der Waals surface area contributed by atoms with Crippen LogP contribution in [0, 0.1) is 0 Å². The van der Waals surface area contributed by atoms with Crippen LogP contribution in [-0.4, -0.2) is 27.8 Å². The largest absolute Gasteiger partial charge is 0.497 e. The standard InChI is InChI=1S/C28H23ClN4O3S/c1-35-22-14-12-21(13-15-22)33-26(24-6-2-3-7-25(24)29)31-32-28(33)37-18-19-8-10-20(11-9-19)27(34)30-17-23-5-4-16-36-23/h2-16H,17-18H2,1H3,(H,30,34). The maximum absolute atomic E-state index is 12.4. The second-order valence-corrected chi connectivity index (χ2v) is 9.42. The molecule has 37 heavy (non-hydrogen) atoms. The van der Waals surface area contributed by atoms with E-state index in [1.807, 2.05) is 83.4 Å². The van der Waals surface area contributed by atoms with E-state index in [9.17, 15) is 4.79 Å². The van der Waals surface area contributed by atoms with Crippen LogP contribution >= 0.6 is 23.4 Å². The molecule has 0 spiro atoms. The Morgan fingerprint density at radius 2 is 1.78 bits per heavy atom. The van der Waals surface area contributed by atoms with Gasteiger partial charge in [-0.15, -0.1) is 10.2 Å². The summed E-state index contributed by atoms with van der Waals surface area (Å²) in [5.74, 6) is 2.61. The third-order valence-electron chi connectivity index (χ3n) is 5.67. The van der Waals surface area contributed by atoms with E-state index in [-0.39, 0.29) is 5.91 Å². The highest BCUT2D eigenvalue weighted by Crippen LogP contribution is 2.33. The molecule has 5 aromatic rings. The van der Waals surface area contributed by atoms with Crippen LogP contribution < -0.4 is 10.1 Å². The summed E-state index contributed by atoms with van der Waals surface area (Å²) in [5.41, 5.74) is 3.33. The number of halogens is 1. The van der Waals surface area contributed by atoms with E-state index >= 15 is 0 Å². The molecule has 0 aliphatic heterocycles. The maximum Gasteiger partial charge on any atom is 0.251 e. The van der Waals surface area contributed by atoms with Crippen molar-refractivity contribution < 1.29 is 13.9 Å². The predicted octanol–water partition coefficient (Wildman–Crippen LogP) is 6.41. The van der Waals surface area contributed by atoms with Gasteiger partial charge in [-0.05, 0) is 66.2 Å². The SMILES string of the molecule is COc1ccc(-n2c(SCc3ccc(C(=O)NCc4ccco4)cc3)nnc2-c2ccccc2Cl)cc1. The molecule has 5 rings (SSSR count). The summed E-state index contributed by atoms with van der Waals surface area (Å²) in [5, 5.41) is 13.1. The van der Waals surface area contributed by atoms with E-state index in [1.165, 1.54) is 0 Å². The van der Waals surface area contributed by atoms with Crippen LogP contribution in [0.25, 0.3) is 17.1 Å². The van der Waals surface area contributed by atoms with Crippen LogP contribution in [0.3, 0.4) is 0 Å². The average molecular weight is 531 g/mol. The molecule has 9 heteroatoms. The Labute approximate surface area is 223 Å². The van der Waals surface area contributed by atoms with Crippen molar-refractivity contribution in [2.75, 3.05) is 7.11 Å². The third kappa shape index (κ3) is 5.71. The van der Waals surface area contributed by atoms with Crippen molar-refractivity contribution in [1.29, 1.82) is 0 Å². The number of benzene rings is 3. The highest BCUT2D eigenvalue weighted by Gasteiger charge is 2.18. The molecule has 0 saturated heterocycles. The molecule has 0 atom stereocenters. The van der Waals surface area contributed by atoms with Gasteiger partial charge in [0.25, 0.3) is 5.91 Å². The Kier molecular flexibility index (Phi) is 7.58. The first-order chi connectivity index (χ1) is 18.1. The first-order valence-electron chi connectivity index (χ1n) is 11.5. The van der Waals surface area contributed by atoms with Gasteiger partial charge in [0.05, 0.1) is 24.9 Å². The highest BCUT2D eigenvalue weighted by molar-refractivity contribution is 7.98. The number of rotatable bonds is 9. The van der Waals surface area contributed by atoms with Crippen molar-refractivity contribution in [3.63, 3.8) is 0 Å². The summed E-state index contributed by atoms with van der Waals surface area (Å²) in [6.45, 7) is 0.345. The van der Waals surface area contributed by atoms with Gasteiger partial charge < -0.3 is 14.5 Å². The number of hydrogen-bond acceptors (Lipinski definition) is 6. The van der Waals surface area contributed by atoms with Crippen molar-refractivity contribution in [2.45, 2.75) is 17.5 Å². The zero-order chi connectivity index (χ0) is 25.6. The lowest BCUT2D eigenvalue weighted by molar-refractivity contribution is 0.0948. The second-order valence-electron chi connectivity index (χ2n) is 8.07. The Morgan fingerprint density at radius 1 is 1.00 bits per heavy atom. The number of amides is 1. The van der Waals surface area contributed by atoms with E-state index in [4.69, 9.17) is 20.8 Å². The number of methoxy groups -OCH3 is 1. The summed E-state index contributed by atoms with van der Waals surface area (Å²) in [6.07, 6.45) is 1.58. The van der Waals surface area contributed by atoms with Crippen molar-refractivity contribution in [2.24, 2.45) is 0 Å². The summed E-state index contributed by atoms with van der Waals surface area (Å²) in [7, 11) is 1.64. The highest BCUT2D eigenvalue weighted by atomic mass is 35.5. The van der Waals surface area contributed by atoms with E-state index in [1.54, 1.807) is 31.2 Å². The number of carbonyl (C=O) groups is 1. The first kappa shape index (κ1) is 24.7. The van der Waals surface area contributed by atoms with Gasteiger partial charge in [0.15, 0.2) is 11.0 Å². The zero-order valence-electron chi connectivity index (χ0n) is 19.9. The smallest absolute Gasteiger partial charge is 0.251 e. The van der Waals surface area contributed by atoms with Gasteiger partial charge in [-0.1, -0.05) is 47.6 Å². The molecule has 0 aliphatic rings. The molecule has 0 unspecified atom stereocenters. The number of ether oxygens (including phenoxy) is 1. The molecule has 0 fully saturated rings. The van der Waals surface area contributed by atoms with Crippen LogP contribution in [0.15, 0.2) is 101 Å². The quantitative estimate of drug-likeness (QED) is 0.222. The minimum absolute atomic E-state index is 0.153. The Balaban J connectivity index is 1.34. The number of thioether (sulfide) groups is 1. The maximum atomic E-state index is 12.4. The molecular formula is C28H23ClN4O3S. The van der Waals surface area contributed by atoms with E-state index in [2.05, 4.69) is 15.5 Å². The molecule has 7 nitrogen and oxygen atoms in total.